The molecule has 0 spiro atoms. The van der Waals surface area contributed by atoms with Gasteiger partial charge in [0.15, 0.2) is 0 Å². The van der Waals surface area contributed by atoms with Crippen molar-refractivity contribution in [1.82, 2.24) is 0 Å². The minimum absolute atomic E-state index is 0.256. The Hall–Kier alpha value is -0.440. The van der Waals surface area contributed by atoms with E-state index in [-0.39, 0.29) is 6.04 Å². The number of hydrogen-bond donors (Lipinski definition) is 1. The van der Waals surface area contributed by atoms with Gasteiger partial charge in [-0.15, -0.1) is 0 Å². The van der Waals surface area contributed by atoms with E-state index in [1.165, 1.54) is 0 Å². The lowest BCUT2D eigenvalue weighted by Gasteiger charge is -2.18. The van der Waals surface area contributed by atoms with Gasteiger partial charge in [-0.25, -0.2) is 0 Å². The average molecular weight is 248 g/mol. The van der Waals surface area contributed by atoms with Gasteiger partial charge in [-0.1, -0.05) is 36.2 Å². The molecule has 1 aromatic rings. The van der Waals surface area contributed by atoms with E-state index < -0.39 is 0 Å². The Morgan fingerprint density at radius 1 is 1.40 bits per heavy atom. The van der Waals surface area contributed by atoms with Gasteiger partial charge in [0.05, 0.1) is 22.3 Å². The maximum Gasteiger partial charge on any atom is 0.0823 e. The van der Waals surface area contributed by atoms with E-state index in [1.54, 1.807) is 13.2 Å². The summed E-state index contributed by atoms with van der Waals surface area (Å²) in [6, 6.07) is 5.81. The zero-order valence-electron chi connectivity index (χ0n) is 8.89. The predicted molar refractivity (Wildman–Crippen MR) is 66.0 cm³/mol. The van der Waals surface area contributed by atoms with Crippen molar-refractivity contribution in [3.63, 3.8) is 0 Å². The molecule has 1 N–H and O–H groups in total. The Morgan fingerprint density at radius 3 is 2.73 bits per heavy atom. The van der Waals surface area contributed by atoms with Crippen LogP contribution in [0.15, 0.2) is 18.2 Å². The molecule has 15 heavy (non-hydrogen) atoms. The first kappa shape index (κ1) is 12.6. The smallest absolute Gasteiger partial charge is 0.0823 e. The minimum Gasteiger partial charge on any atom is -0.383 e. The summed E-state index contributed by atoms with van der Waals surface area (Å²) in [5.74, 6) is 0. The highest BCUT2D eigenvalue weighted by atomic mass is 35.5. The molecule has 1 aromatic carbocycles. The van der Waals surface area contributed by atoms with Gasteiger partial charge in [0, 0.05) is 13.2 Å². The van der Waals surface area contributed by atoms with E-state index in [4.69, 9.17) is 27.9 Å². The third kappa shape index (κ3) is 3.56. The Morgan fingerprint density at radius 2 is 2.13 bits per heavy atom. The van der Waals surface area contributed by atoms with Gasteiger partial charge in [0.25, 0.3) is 0 Å². The zero-order chi connectivity index (χ0) is 11.3. The Kier molecular flexibility index (Phi) is 5.23. The summed E-state index contributed by atoms with van der Waals surface area (Å²) in [6.07, 6.45) is 0.969. The number of anilines is 1. The summed E-state index contributed by atoms with van der Waals surface area (Å²) in [6.45, 7) is 2.74. The van der Waals surface area contributed by atoms with Crippen molar-refractivity contribution in [2.45, 2.75) is 19.4 Å². The van der Waals surface area contributed by atoms with Crippen molar-refractivity contribution in [3.8, 4) is 0 Å². The van der Waals surface area contributed by atoms with E-state index in [0.717, 1.165) is 12.1 Å². The zero-order valence-corrected chi connectivity index (χ0v) is 10.4. The van der Waals surface area contributed by atoms with Gasteiger partial charge in [-0.05, 0) is 18.6 Å². The molecule has 0 amide bonds. The van der Waals surface area contributed by atoms with E-state index >= 15 is 0 Å². The largest absolute Gasteiger partial charge is 0.383 e. The van der Waals surface area contributed by atoms with Crippen LogP contribution in [0.2, 0.25) is 10.0 Å². The summed E-state index contributed by atoms with van der Waals surface area (Å²) in [4.78, 5) is 0. The van der Waals surface area contributed by atoms with Crippen LogP contribution in [0.5, 0.6) is 0 Å². The van der Waals surface area contributed by atoms with Crippen molar-refractivity contribution >= 4 is 28.9 Å². The molecule has 2 nitrogen and oxygen atoms in total. The summed E-state index contributed by atoms with van der Waals surface area (Å²) >= 11 is 12.0. The molecule has 0 saturated heterocycles. The summed E-state index contributed by atoms with van der Waals surface area (Å²) in [5.41, 5.74) is 0.855. The molecule has 1 unspecified atom stereocenters. The highest BCUT2D eigenvalue weighted by Gasteiger charge is 2.09. The highest BCUT2D eigenvalue weighted by Crippen LogP contribution is 2.30. The molecule has 4 heteroatoms. The van der Waals surface area contributed by atoms with Crippen molar-refractivity contribution in [1.29, 1.82) is 0 Å². The molecule has 0 saturated carbocycles. The fraction of sp³-hybridized carbons (Fsp3) is 0.455. The third-order valence-electron chi connectivity index (χ3n) is 2.17. The third-order valence-corrected chi connectivity index (χ3v) is 2.99. The Labute approximate surface area is 101 Å². The molecule has 0 bridgehead atoms. The molecule has 0 heterocycles. The van der Waals surface area contributed by atoms with Crippen LogP contribution in [-0.4, -0.2) is 19.8 Å². The van der Waals surface area contributed by atoms with Crippen molar-refractivity contribution in [3.05, 3.63) is 28.2 Å². The van der Waals surface area contributed by atoms with Crippen LogP contribution < -0.4 is 5.32 Å². The van der Waals surface area contributed by atoms with Crippen LogP contribution in [-0.2, 0) is 4.74 Å². The molecule has 0 fully saturated rings. The lowest BCUT2D eigenvalue weighted by molar-refractivity contribution is 0.184. The number of methoxy groups -OCH3 is 1. The average Bonchev–Trinajstić information content (AvgIpc) is 2.24. The molecule has 0 aliphatic rings. The maximum absolute atomic E-state index is 6.06. The summed E-state index contributed by atoms with van der Waals surface area (Å²) < 4.78 is 5.10. The molecule has 1 rings (SSSR count). The lowest BCUT2D eigenvalue weighted by Crippen LogP contribution is -2.23. The molecular weight excluding hydrogens is 233 g/mol. The Bertz CT molecular complexity index is 317. The van der Waals surface area contributed by atoms with E-state index in [1.807, 2.05) is 12.1 Å². The first-order valence-corrected chi connectivity index (χ1v) is 5.64. The van der Waals surface area contributed by atoms with Crippen LogP contribution >= 0.6 is 23.2 Å². The predicted octanol–water partition coefficient (Wildman–Crippen LogP) is 3.83. The molecule has 0 radical (unpaired) electrons. The number of hydrogen-bond acceptors (Lipinski definition) is 2. The molecule has 0 aliphatic heterocycles. The first-order chi connectivity index (χ1) is 7.19. The highest BCUT2D eigenvalue weighted by molar-refractivity contribution is 6.43. The number of ether oxygens (including phenoxy) is 1. The number of benzene rings is 1. The van der Waals surface area contributed by atoms with Crippen LogP contribution in [0, 0.1) is 0 Å². The molecule has 0 aromatic heterocycles. The van der Waals surface area contributed by atoms with Crippen LogP contribution in [0.3, 0.4) is 0 Å². The van der Waals surface area contributed by atoms with Crippen LogP contribution in [0.4, 0.5) is 5.69 Å². The molecule has 84 valence electrons. The SMILES string of the molecule is CCC(COC)Nc1cccc(Cl)c1Cl. The summed E-state index contributed by atoms with van der Waals surface area (Å²) in [5, 5.41) is 4.42. The first-order valence-electron chi connectivity index (χ1n) is 4.88. The second-order valence-electron chi connectivity index (χ2n) is 3.31. The van der Waals surface area contributed by atoms with Gasteiger partial charge in [0.1, 0.15) is 0 Å². The fourth-order valence-electron chi connectivity index (χ4n) is 1.30. The number of rotatable bonds is 5. The minimum atomic E-state index is 0.256. The molecule has 0 aliphatic carbocycles. The van der Waals surface area contributed by atoms with E-state index in [9.17, 15) is 0 Å². The van der Waals surface area contributed by atoms with Crippen molar-refractivity contribution in [2.75, 3.05) is 19.0 Å². The van der Waals surface area contributed by atoms with Crippen molar-refractivity contribution < 1.29 is 4.74 Å². The van der Waals surface area contributed by atoms with E-state index in [0.29, 0.717) is 16.7 Å². The Balaban J connectivity index is 2.74. The second kappa shape index (κ2) is 6.21. The van der Waals surface area contributed by atoms with Gasteiger partial charge in [-0.2, -0.15) is 0 Å². The van der Waals surface area contributed by atoms with Crippen LogP contribution in [0.1, 0.15) is 13.3 Å². The quantitative estimate of drug-likeness (QED) is 0.854. The normalized spacial score (nSPS) is 12.5. The van der Waals surface area contributed by atoms with Gasteiger partial charge >= 0.3 is 0 Å². The molecular formula is C11H15Cl2NO. The second-order valence-corrected chi connectivity index (χ2v) is 4.09. The summed E-state index contributed by atoms with van der Waals surface area (Å²) in [7, 11) is 1.68. The van der Waals surface area contributed by atoms with Gasteiger partial charge in [-0.3, -0.25) is 0 Å². The van der Waals surface area contributed by atoms with Crippen LogP contribution in [0.25, 0.3) is 0 Å². The maximum atomic E-state index is 6.06. The van der Waals surface area contributed by atoms with Gasteiger partial charge < -0.3 is 10.1 Å². The standard InChI is InChI=1S/C11H15Cl2NO/c1-3-8(7-15-2)14-10-6-4-5-9(12)11(10)13/h4-6,8,14H,3,7H2,1-2H3. The topological polar surface area (TPSA) is 21.3 Å². The number of halogens is 2. The number of nitrogens with one attached hydrogen (secondary N) is 1. The van der Waals surface area contributed by atoms with Crippen molar-refractivity contribution in [2.24, 2.45) is 0 Å². The molecule has 1 atom stereocenters. The fourth-order valence-corrected chi connectivity index (χ4v) is 1.65. The monoisotopic (exact) mass is 247 g/mol. The lowest BCUT2D eigenvalue weighted by atomic mass is 10.2. The van der Waals surface area contributed by atoms with E-state index in [2.05, 4.69) is 12.2 Å². The van der Waals surface area contributed by atoms with Gasteiger partial charge in [0.2, 0.25) is 0 Å².